The summed E-state index contributed by atoms with van der Waals surface area (Å²) in [6, 6.07) is 11.4. The monoisotopic (exact) mass is 242 g/mol. The van der Waals surface area contributed by atoms with Crippen LogP contribution in [0.4, 0.5) is 0 Å². The third-order valence-corrected chi connectivity index (χ3v) is 2.81. The Labute approximate surface area is 108 Å². The average molecular weight is 242 g/mol. The van der Waals surface area contributed by atoms with Gasteiger partial charge in [0.2, 0.25) is 0 Å². The summed E-state index contributed by atoms with van der Waals surface area (Å²) in [5.74, 6) is 0.315. The van der Waals surface area contributed by atoms with E-state index in [0.29, 0.717) is 5.75 Å². The van der Waals surface area contributed by atoms with Gasteiger partial charge >= 0.3 is 0 Å². The summed E-state index contributed by atoms with van der Waals surface area (Å²) in [4.78, 5) is 4.34. The van der Waals surface area contributed by atoms with Crippen molar-refractivity contribution in [3.63, 3.8) is 0 Å². The fourth-order valence-electron chi connectivity index (χ4n) is 1.71. The first-order valence-corrected chi connectivity index (χ1v) is 6.14. The zero-order chi connectivity index (χ0) is 12.8. The van der Waals surface area contributed by atoms with Crippen LogP contribution in [0.25, 0.3) is 0 Å². The molecule has 0 fully saturated rings. The van der Waals surface area contributed by atoms with E-state index in [2.05, 4.69) is 16.4 Å². The molecule has 2 aromatic rings. The molecule has 0 aliphatic heterocycles. The summed E-state index contributed by atoms with van der Waals surface area (Å²) < 4.78 is 0. The number of nitrogens with one attached hydrogen (secondary N) is 1. The van der Waals surface area contributed by atoms with Crippen molar-refractivity contribution in [2.45, 2.75) is 19.9 Å². The molecule has 0 aliphatic carbocycles. The number of hydrogen-bond acceptors (Lipinski definition) is 3. The first-order chi connectivity index (χ1) is 8.74. The molecule has 0 saturated heterocycles. The van der Waals surface area contributed by atoms with Gasteiger partial charge in [-0.3, -0.25) is 4.98 Å². The third-order valence-electron chi connectivity index (χ3n) is 2.81. The molecule has 0 radical (unpaired) electrons. The van der Waals surface area contributed by atoms with Crippen LogP contribution in [0.3, 0.4) is 0 Å². The number of phenolic OH excluding ortho intramolecular Hbond substituents is 1. The zero-order valence-corrected chi connectivity index (χ0v) is 10.6. The molecule has 0 unspecified atom stereocenters. The summed E-state index contributed by atoms with van der Waals surface area (Å²) in [7, 11) is 0. The lowest BCUT2D eigenvalue weighted by molar-refractivity contribution is 0.475. The van der Waals surface area contributed by atoms with Crippen LogP contribution in [-0.4, -0.2) is 16.6 Å². The lowest BCUT2D eigenvalue weighted by Gasteiger charge is -2.05. The van der Waals surface area contributed by atoms with Crippen LogP contribution >= 0.6 is 0 Å². The minimum atomic E-state index is 0.315. The molecule has 0 bridgehead atoms. The molecule has 0 saturated carbocycles. The van der Waals surface area contributed by atoms with E-state index in [0.717, 1.165) is 25.2 Å². The van der Waals surface area contributed by atoms with E-state index < -0.39 is 0 Å². The highest BCUT2D eigenvalue weighted by Gasteiger charge is 1.96. The molecular formula is C15H18N2O. The third kappa shape index (κ3) is 3.86. The number of aromatic nitrogens is 1. The quantitative estimate of drug-likeness (QED) is 0.791. The molecule has 2 rings (SSSR count). The van der Waals surface area contributed by atoms with Gasteiger partial charge in [-0.25, -0.2) is 0 Å². The Hall–Kier alpha value is -1.87. The van der Waals surface area contributed by atoms with Crippen LogP contribution < -0.4 is 5.32 Å². The minimum absolute atomic E-state index is 0.315. The SMILES string of the molecule is Cc1ccc(CNCCc2ccc(O)cc2)nc1. The topological polar surface area (TPSA) is 45.1 Å². The van der Waals surface area contributed by atoms with Crippen molar-refractivity contribution in [1.29, 1.82) is 0 Å². The molecule has 1 aromatic heterocycles. The molecule has 94 valence electrons. The van der Waals surface area contributed by atoms with E-state index in [1.54, 1.807) is 12.1 Å². The standard InChI is InChI=1S/C15H18N2O/c1-12-2-5-14(17-10-12)11-16-9-8-13-3-6-15(18)7-4-13/h2-7,10,16,18H,8-9,11H2,1H3. The van der Waals surface area contributed by atoms with Crippen LogP contribution in [0, 0.1) is 6.92 Å². The molecule has 0 spiro atoms. The molecule has 1 aromatic carbocycles. The van der Waals surface area contributed by atoms with Crippen molar-refractivity contribution in [1.82, 2.24) is 10.3 Å². The van der Waals surface area contributed by atoms with Crippen LogP contribution in [0.5, 0.6) is 5.75 Å². The second-order valence-corrected chi connectivity index (χ2v) is 4.42. The number of hydrogen-bond donors (Lipinski definition) is 2. The summed E-state index contributed by atoms with van der Waals surface area (Å²) in [5.41, 5.74) is 3.46. The maximum absolute atomic E-state index is 9.18. The molecular weight excluding hydrogens is 224 g/mol. The van der Waals surface area contributed by atoms with E-state index in [-0.39, 0.29) is 0 Å². The Morgan fingerprint density at radius 1 is 1.11 bits per heavy atom. The van der Waals surface area contributed by atoms with Crippen molar-refractivity contribution in [2.75, 3.05) is 6.54 Å². The average Bonchev–Trinajstić information content (AvgIpc) is 2.39. The van der Waals surface area contributed by atoms with Crippen molar-refractivity contribution >= 4 is 0 Å². The van der Waals surface area contributed by atoms with Crippen molar-refractivity contribution < 1.29 is 5.11 Å². The minimum Gasteiger partial charge on any atom is -0.508 e. The number of rotatable bonds is 5. The fraction of sp³-hybridized carbons (Fsp3) is 0.267. The Kier molecular flexibility index (Phi) is 4.31. The van der Waals surface area contributed by atoms with Gasteiger partial charge in [-0.2, -0.15) is 0 Å². The number of aryl methyl sites for hydroxylation is 1. The van der Waals surface area contributed by atoms with Crippen LogP contribution in [0.15, 0.2) is 42.6 Å². The van der Waals surface area contributed by atoms with E-state index in [9.17, 15) is 5.11 Å². The molecule has 1 heterocycles. The highest BCUT2D eigenvalue weighted by molar-refractivity contribution is 5.26. The van der Waals surface area contributed by atoms with Gasteiger partial charge in [-0.1, -0.05) is 18.2 Å². The van der Waals surface area contributed by atoms with E-state index in [1.807, 2.05) is 31.3 Å². The predicted octanol–water partition coefficient (Wildman–Crippen LogP) is 2.43. The Bertz CT molecular complexity index is 429. The Morgan fingerprint density at radius 2 is 1.89 bits per heavy atom. The maximum atomic E-state index is 9.18. The van der Waals surface area contributed by atoms with Crippen molar-refractivity contribution in [3.8, 4) is 5.75 Å². The maximum Gasteiger partial charge on any atom is 0.115 e. The van der Waals surface area contributed by atoms with Gasteiger partial charge in [0.05, 0.1) is 5.69 Å². The Balaban J connectivity index is 1.73. The second kappa shape index (κ2) is 6.17. The van der Waals surface area contributed by atoms with Crippen LogP contribution in [0.1, 0.15) is 16.8 Å². The lowest BCUT2D eigenvalue weighted by atomic mass is 10.1. The number of benzene rings is 1. The van der Waals surface area contributed by atoms with Gasteiger partial charge < -0.3 is 10.4 Å². The Morgan fingerprint density at radius 3 is 2.56 bits per heavy atom. The fourth-order valence-corrected chi connectivity index (χ4v) is 1.71. The second-order valence-electron chi connectivity index (χ2n) is 4.42. The van der Waals surface area contributed by atoms with E-state index >= 15 is 0 Å². The lowest BCUT2D eigenvalue weighted by Crippen LogP contribution is -2.17. The molecule has 18 heavy (non-hydrogen) atoms. The van der Waals surface area contributed by atoms with E-state index in [4.69, 9.17) is 0 Å². The van der Waals surface area contributed by atoms with Crippen molar-refractivity contribution in [3.05, 3.63) is 59.4 Å². The molecule has 3 heteroatoms. The highest BCUT2D eigenvalue weighted by Crippen LogP contribution is 2.09. The summed E-state index contributed by atoms with van der Waals surface area (Å²) in [6.45, 7) is 3.73. The van der Waals surface area contributed by atoms with Crippen LogP contribution in [-0.2, 0) is 13.0 Å². The first-order valence-electron chi connectivity index (χ1n) is 6.14. The number of aromatic hydroxyl groups is 1. The molecule has 3 nitrogen and oxygen atoms in total. The van der Waals surface area contributed by atoms with Gasteiger partial charge in [0.25, 0.3) is 0 Å². The number of nitrogens with zero attached hydrogens (tertiary/aromatic N) is 1. The zero-order valence-electron chi connectivity index (χ0n) is 10.6. The summed E-state index contributed by atoms with van der Waals surface area (Å²) >= 11 is 0. The molecule has 2 N–H and O–H groups in total. The number of phenols is 1. The number of pyridine rings is 1. The highest BCUT2D eigenvalue weighted by atomic mass is 16.3. The first kappa shape index (κ1) is 12.6. The van der Waals surface area contributed by atoms with Gasteiger partial charge in [0, 0.05) is 12.7 Å². The molecule has 0 aliphatic rings. The van der Waals surface area contributed by atoms with Gasteiger partial charge in [-0.15, -0.1) is 0 Å². The van der Waals surface area contributed by atoms with E-state index in [1.165, 1.54) is 11.1 Å². The summed E-state index contributed by atoms with van der Waals surface area (Å²) in [6.07, 6.45) is 2.84. The smallest absolute Gasteiger partial charge is 0.115 e. The van der Waals surface area contributed by atoms with Crippen molar-refractivity contribution in [2.24, 2.45) is 0 Å². The predicted molar refractivity (Wildman–Crippen MR) is 72.5 cm³/mol. The largest absolute Gasteiger partial charge is 0.508 e. The normalized spacial score (nSPS) is 10.5. The molecule has 0 atom stereocenters. The van der Waals surface area contributed by atoms with Crippen LogP contribution in [0.2, 0.25) is 0 Å². The van der Waals surface area contributed by atoms with Gasteiger partial charge in [0.1, 0.15) is 5.75 Å². The van der Waals surface area contributed by atoms with Gasteiger partial charge in [-0.05, 0) is 49.2 Å². The van der Waals surface area contributed by atoms with Gasteiger partial charge in [0.15, 0.2) is 0 Å². The summed E-state index contributed by atoms with van der Waals surface area (Å²) in [5, 5.41) is 12.5. The molecule has 0 amide bonds.